The normalized spacial score (nSPS) is 12.4. The van der Waals surface area contributed by atoms with Crippen LogP contribution in [0.15, 0.2) is 30.3 Å². The minimum absolute atomic E-state index is 0.0163. The summed E-state index contributed by atoms with van der Waals surface area (Å²) in [5.41, 5.74) is 7.61. The molecule has 1 aliphatic rings. The quantitative estimate of drug-likeness (QED) is 0.394. The Kier molecular flexibility index (Phi) is 5.26. The highest BCUT2D eigenvalue weighted by Crippen LogP contribution is 2.37. The fourth-order valence-electron chi connectivity index (χ4n) is 3.24. The molecule has 0 bridgehead atoms. The predicted octanol–water partition coefficient (Wildman–Crippen LogP) is 3.43. The number of nitrogens with two attached hydrogens (primary N) is 1. The van der Waals surface area contributed by atoms with Crippen LogP contribution >= 0.6 is 0 Å². The number of esters is 1. The van der Waals surface area contributed by atoms with Gasteiger partial charge >= 0.3 is 5.97 Å². The number of unbranched alkanes of at least 4 members (excludes halogenated alkanes) is 1. The highest BCUT2D eigenvalue weighted by atomic mass is 16.5. The third-order valence-corrected chi connectivity index (χ3v) is 4.58. The van der Waals surface area contributed by atoms with E-state index in [9.17, 15) is 14.4 Å². The van der Waals surface area contributed by atoms with Gasteiger partial charge in [-0.2, -0.15) is 0 Å². The van der Waals surface area contributed by atoms with Gasteiger partial charge in [0.25, 0.3) is 0 Å². The number of fused-ring (bicyclic) bond motifs is 2. The largest absolute Gasteiger partial charge is 0.462 e. The lowest BCUT2D eigenvalue weighted by Gasteiger charge is -2.23. The fourth-order valence-corrected chi connectivity index (χ4v) is 3.24. The molecular weight excluding hydrogens is 344 g/mol. The Labute approximate surface area is 157 Å². The molecule has 0 fully saturated rings. The van der Waals surface area contributed by atoms with Crippen LogP contribution in [0.2, 0.25) is 0 Å². The first-order chi connectivity index (χ1) is 13.0. The van der Waals surface area contributed by atoms with Crippen LogP contribution in [0.25, 0.3) is 0 Å². The van der Waals surface area contributed by atoms with Gasteiger partial charge in [0.15, 0.2) is 11.6 Å². The summed E-state index contributed by atoms with van der Waals surface area (Å²) in [6.07, 6.45) is 1.84. The third-order valence-electron chi connectivity index (χ3n) is 4.58. The molecule has 2 aromatic carbocycles. The van der Waals surface area contributed by atoms with Crippen molar-refractivity contribution in [2.75, 3.05) is 24.2 Å². The number of hydrogen-bond acceptors (Lipinski definition) is 6. The van der Waals surface area contributed by atoms with Crippen molar-refractivity contribution in [2.24, 2.45) is 0 Å². The van der Waals surface area contributed by atoms with Crippen LogP contribution in [0.5, 0.6) is 0 Å². The molecule has 3 N–H and O–H groups in total. The topological polar surface area (TPSA) is 98.5 Å². The second kappa shape index (κ2) is 7.61. The highest BCUT2D eigenvalue weighted by Gasteiger charge is 2.35. The molecule has 0 saturated carbocycles. The summed E-state index contributed by atoms with van der Waals surface area (Å²) < 4.78 is 5.07. The summed E-state index contributed by atoms with van der Waals surface area (Å²) in [4.78, 5) is 38.5. The fraction of sp³-hybridized carbons (Fsp3) is 0.286. The van der Waals surface area contributed by atoms with E-state index < -0.39 is 5.97 Å². The summed E-state index contributed by atoms with van der Waals surface area (Å²) in [5, 5.41) is 3.18. The number of nitrogen functional groups attached to an aromatic ring is 1. The number of carbonyl (C=O) groups excluding carboxylic acids is 3. The molecule has 2 aromatic rings. The minimum Gasteiger partial charge on any atom is -0.462 e. The van der Waals surface area contributed by atoms with Gasteiger partial charge in [0, 0.05) is 23.4 Å². The van der Waals surface area contributed by atoms with Crippen LogP contribution in [-0.4, -0.2) is 30.7 Å². The van der Waals surface area contributed by atoms with Gasteiger partial charge in [-0.25, -0.2) is 4.79 Å². The average Bonchev–Trinajstić information content (AvgIpc) is 2.67. The zero-order chi connectivity index (χ0) is 19.6. The van der Waals surface area contributed by atoms with E-state index >= 15 is 0 Å². The summed E-state index contributed by atoms with van der Waals surface area (Å²) in [5.74, 6) is -1.25. The molecule has 0 aromatic heterocycles. The van der Waals surface area contributed by atoms with E-state index in [0.717, 1.165) is 12.8 Å². The van der Waals surface area contributed by atoms with Crippen LogP contribution in [-0.2, 0) is 4.74 Å². The Morgan fingerprint density at radius 2 is 1.70 bits per heavy atom. The smallest absolute Gasteiger partial charge is 0.340 e. The number of carbonyl (C=O) groups is 3. The first kappa shape index (κ1) is 18.6. The van der Waals surface area contributed by atoms with Gasteiger partial charge in [-0.05, 0) is 19.4 Å². The summed E-state index contributed by atoms with van der Waals surface area (Å²) >= 11 is 0. The van der Waals surface area contributed by atoms with Crippen LogP contribution in [0.4, 0.5) is 11.4 Å². The Morgan fingerprint density at radius 3 is 2.30 bits per heavy atom. The molecule has 0 atom stereocenters. The van der Waals surface area contributed by atoms with E-state index in [2.05, 4.69) is 12.2 Å². The molecule has 1 aliphatic carbocycles. The number of benzene rings is 2. The Bertz CT molecular complexity index is 934. The van der Waals surface area contributed by atoms with Crippen molar-refractivity contribution in [3.8, 4) is 0 Å². The lowest BCUT2D eigenvalue weighted by atomic mass is 9.81. The van der Waals surface area contributed by atoms with E-state index in [1.54, 1.807) is 31.2 Å². The predicted molar refractivity (Wildman–Crippen MR) is 104 cm³/mol. The molecule has 27 heavy (non-hydrogen) atoms. The van der Waals surface area contributed by atoms with E-state index in [1.165, 1.54) is 6.07 Å². The lowest BCUT2D eigenvalue weighted by molar-refractivity contribution is 0.0527. The monoisotopic (exact) mass is 366 g/mol. The summed E-state index contributed by atoms with van der Waals surface area (Å²) in [6, 6.07) is 8.15. The first-order valence-corrected chi connectivity index (χ1v) is 9.07. The van der Waals surface area contributed by atoms with E-state index in [0.29, 0.717) is 23.4 Å². The van der Waals surface area contributed by atoms with Gasteiger partial charge in [-0.3, -0.25) is 9.59 Å². The molecule has 0 saturated heterocycles. The van der Waals surface area contributed by atoms with Crippen LogP contribution in [0.1, 0.15) is 68.9 Å². The van der Waals surface area contributed by atoms with E-state index in [1.807, 2.05) is 0 Å². The molecule has 0 amide bonds. The molecule has 3 rings (SSSR count). The van der Waals surface area contributed by atoms with Crippen molar-refractivity contribution >= 4 is 28.9 Å². The van der Waals surface area contributed by atoms with Crippen LogP contribution < -0.4 is 11.1 Å². The van der Waals surface area contributed by atoms with Gasteiger partial charge in [-0.15, -0.1) is 0 Å². The highest BCUT2D eigenvalue weighted by molar-refractivity contribution is 6.32. The second-order valence-corrected chi connectivity index (χ2v) is 6.34. The number of anilines is 2. The standard InChI is InChI=1S/C21H22N2O4/c1-3-5-10-23-15-11-14(21(26)27-4-2)18(22)17-16(15)19(24)12-8-6-7-9-13(12)20(17)25/h6-9,11,23H,3-5,10,22H2,1-2H3. The maximum Gasteiger partial charge on any atom is 0.340 e. The van der Waals surface area contributed by atoms with Gasteiger partial charge in [-0.1, -0.05) is 37.6 Å². The SMILES string of the molecule is CCCCNc1cc(C(=O)OCC)c(N)c2c1C(=O)c1ccccc1C2=O. The summed E-state index contributed by atoms with van der Waals surface area (Å²) in [7, 11) is 0. The Morgan fingerprint density at radius 1 is 1.07 bits per heavy atom. The Balaban J connectivity index is 2.22. The molecule has 6 heteroatoms. The zero-order valence-electron chi connectivity index (χ0n) is 15.4. The number of hydrogen-bond donors (Lipinski definition) is 2. The second-order valence-electron chi connectivity index (χ2n) is 6.34. The maximum absolute atomic E-state index is 13.1. The summed E-state index contributed by atoms with van der Waals surface area (Å²) in [6.45, 7) is 4.54. The average molecular weight is 366 g/mol. The maximum atomic E-state index is 13.1. The van der Waals surface area contributed by atoms with Crippen molar-refractivity contribution in [2.45, 2.75) is 26.7 Å². The number of ether oxygens (including phenoxy) is 1. The zero-order valence-corrected chi connectivity index (χ0v) is 15.4. The molecule has 140 valence electrons. The van der Waals surface area contributed by atoms with Gasteiger partial charge in [0.2, 0.25) is 0 Å². The van der Waals surface area contributed by atoms with Crippen molar-refractivity contribution in [3.05, 3.63) is 58.1 Å². The number of ketones is 2. The van der Waals surface area contributed by atoms with E-state index in [-0.39, 0.29) is 40.6 Å². The van der Waals surface area contributed by atoms with Crippen molar-refractivity contribution in [3.63, 3.8) is 0 Å². The van der Waals surface area contributed by atoms with Crippen LogP contribution in [0, 0.1) is 0 Å². The number of nitrogens with one attached hydrogen (secondary N) is 1. The molecule has 0 spiro atoms. The van der Waals surface area contributed by atoms with Gasteiger partial charge < -0.3 is 15.8 Å². The van der Waals surface area contributed by atoms with Gasteiger partial charge in [0.05, 0.1) is 29.0 Å². The molecule has 0 unspecified atom stereocenters. The molecule has 0 radical (unpaired) electrons. The number of rotatable bonds is 6. The molecule has 0 heterocycles. The lowest BCUT2D eigenvalue weighted by Crippen LogP contribution is -2.26. The van der Waals surface area contributed by atoms with Crippen molar-refractivity contribution in [1.82, 2.24) is 0 Å². The third kappa shape index (κ3) is 3.18. The molecular formula is C21H22N2O4. The molecule has 0 aliphatic heterocycles. The van der Waals surface area contributed by atoms with Crippen LogP contribution in [0.3, 0.4) is 0 Å². The minimum atomic E-state index is -0.615. The van der Waals surface area contributed by atoms with E-state index in [4.69, 9.17) is 10.5 Å². The van der Waals surface area contributed by atoms with Crippen molar-refractivity contribution in [1.29, 1.82) is 0 Å². The van der Waals surface area contributed by atoms with Gasteiger partial charge in [0.1, 0.15) is 0 Å². The first-order valence-electron chi connectivity index (χ1n) is 9.07. The molecule has 6 nitrogen and oxygen atoms in total. The van der Waals surface area contributed by atoms with Crippen molar-refractivity contribution < 1.29 is 19.1 Å². The Hall–Kier alpha value is -3.15.